The normalized spacial score (nSPS) is 14.4. The van der Waals surface area contributed by atoms with E-state index in [4.69, 9.17) is 0 Å². The lowest BCUT2D eigenvalue weighted by Crippen LogP contribution is -2.71. The van der Waals surface area contributed by atoms with Crippen molar-refractivity contribution in [3.8, 4) is 0 Å². The molecular weight excluding hydrogens is 444 g/mol. The number of rotatable bonds is 7. The predicted molar refractivity (Wildman–Crippen MR) is 56.7 cm³/mol. The van der Waals surface area contributed by atoms with Gasteiger partial charge in [0.15, 0.2) is 0 Å². The second-order valence-corrected chi connectivity index (χ2v) is 4.44. The minimum atomic E-state index is -8.02. The van der Waals surface area contributed by atoms with E-state index in [1.54, 1.807) is 0 Å². The van der Waals surface area contributed by atoms with Gasteiger partial charge >= 0.3 is 48.2 Å². The summed E-state index contributed by atoms with van der Waals surface area (Å²) in [7, 11) is 0.338. The lowest BCUT2D eigenvalue weighted by molar-refractivity contribution is -0.467. The zero-order chi connectivity index (χ0) is 23.0. The van der Waals surface area contributed by atoms with Gasteiger partial charge in [0.25, 0.3) is 0 Å². The van der Waals surface area contributed by atoms with Crippen molar-refractivity contribution in [3.63, 3.8) is 0 Å². The molecule has 0 bridgehead atoms. The van der Waals surface area contributed by atoms with Crippen LogP contribution in [0.1, 0.15) is 0 Å². The smallest absolute Gasteiger partial charge is 0.437 e. The monoisotopic (exact) mass is 450 g/mol. The Morgan fingerprint density at radius 1 is 0.500 bits per heavy atom. The van der Waals surface area contributed by atoms with Crippen molar-refractivity contribution in [1.82, 2.24) is 0 Å². The van der Waals surface area contributed by atoms with Crippen LogP contribution in [0.3, 0.4) is 0 Å². The number of halogens is 12. The van der Waals surface area contributed by atoms with Crippen LogP contribution in [0.15, 0.2) is 0 Å². The molecule has 166 valence electrons. The highest BCUT2D eigenvalue weighted by Gasteiger charge is 2.92. The average molecular weight is 450 g/mol. The minimum Gasteiger partial charge on any atom is -0.437 e. The van der Waals surface area contributed by atoms with Gasteiger partial charge in [0.1, 0.15) is 0 Å². The van der Waals surface area contributed by atoms with E-state index in [1.807, 2.05) is 0 Å². The van der Waals surface area contributed by atoms with Gasteiger partial charge in [-0.3, -0.25) is 0 Å². The van der Waals surface area contributed by atoms with Crippen molar-refractivity contribution >= 4 is 12.3 Å². The van der Waals surface area contributed by atoms with E-state index in [0.717, 1.165) is 0 Å². The molecular formula is C10H6F12O6. The summed E-state index contributed by atoms with van der Waals surface area (Å²) in [6.07, 6.45) is -19.6. The molecule has 0 aromatic carbocycles. The molecule has 0 atom stereocenters. The summed E-state index contributed by atoms with van der Waals surface area (Å²) in [5.41, 5.74) is 0. The summed E-state index contributed by atoms with van der Waals surface area (Å²) < 4.78 is 169. The molecule has 0 saturated carbocycles. The highest BCUT2D eigenvalue weighted by molar-refractivity contribution is 5.60. The Kier molecular flexibility index (Phi) is 6.67. The molecule has 28 heavy (non-hydrogen) atoms. The molecule has 0 rings (SSSR count). The number of carbonyl (C=O) groups is 2. The van der Waals surface area contributed by atoms with Gasteiger partial charge in [-0.25, -0.2) is 9.59 Å². The standard InChI is InChI=1S/C10H6F12O6/c1-25-3(23)27-9(19,20)7(15,16)5(11,12)6(13,14)8(17,18)10(21,22)28-4(24)26-2/h1-2H3. The van der Waals surface area contributed by atoms with E-state index in [9.17, 15) is 62.3 Å². The van der Waals surface area contributed by atoms with Crippen molar-refractivity contribution < 1.29 is 81.2 Å². The van der Waals surface area contributed by atoms with Gasteiger partial charge in [-0.2, -0.15) is 52.7 Å². The topological polar surface area (TPSA) is 71.1 Å². The van der Waals surface area contributed by atoms with E-state index in [-0.39, 0.29) is 14.2 Å². The Morgan fingerprint density at radius 3 is 0.893 bits per heavy atom. The number of ether oxygens (including phenoxy) is 4. The van der Waals surface area contributed by atoms with Crippen LogP contribution in [-0.4, -0.2) is 62.4 Å². The third kappa shape index (κ3) is 3.80. The van der Waals surface area contributed by atoms with E-state index in [0.29, 0.717) is 0 Å². The molecule has 6 nitrogen and oxygen atoms in total. The molecule has 0 spiro atoms. The molecule has 0 fully saturated rings. The molecule has 18 heteroatoms. The van der Waals surface area contributed by atoms with Crippen LogP contribution < -0.4 is 0 Å². The Hall–Kier alpha value is -2.30. The zero-order valence-electron chi connectivity index (χ0n) is 13.0. The maximum absolute atomic E-state index is 13.3. The van der Waals surface area contributed by atoms with Crippen LogP contribution in [0.4, 0.5) is 62.3 Å². The Balaban J connectivity index is 6.27. The molecule has 0 aliphatic carbocycles. The fraction of sp³-hybridized carbons (Fsp3) is 0.800. The lowest BCUT2D eigenvalue weighted by Gasteiger charge is -2.39. The third-order valence-corrected chi connectivity index (χ3v) is 2.67. The SMILES string of the molecule is COC(=O)OC(F)(F)C(F)(F)C(F)(F)C(F)(F)C(F)(F)C(F)(F)OC(=O)OC. The first-order chi connectivity index (χ1) is 12.2. The molecule has 0 heterocycles. The maximum Gasteiger partial charge on any atom is 0.512 e. The number of hydrogen-bond acceptors (Lipinski definition) is 6. The summed E-state index contributed by atoms with van der Waals surface area (Å²) in [4.78, 5) is 20.7. The summed E-state index contributed by atoms with van der Waals surface area (Å²) in [5.74, 6) is -31.5. The Labute approximate surface area is 145 Å². The predicted octanol–water partition coefficient (Wildman–Crippen LogP) is 4.28. The fourth-order valence-electron chi connectivity index (χ4n) is 1.18. The van der Waals surface area contributed by atoms with Crippen molar-refractivity contribution in [2.24, 2.45) is 0 Å². The van der Waals surface area contributed by atoms with Crippen LogP contribution in [-0.2, 0) is 18.9 Å². The lowest BCUT2D eigenvalue weighted by atomic mass is 9.97. The second-order valence-electron chi connectivity index (χ2n) is 4.44. The van der Waals surface area contributed by atoms with Crippen LogP contribution in [0.5, 0.6) is 0 Å². The van der Waals surface area contributed by atoms with Crippen molar-refractivity contribution in [2.45, 2.75) is 35.9 Å². The maximum atomic E-state index is 13.3. The van der Waals surface area contributed by atoms with Crippen molar-refractivity contribution in [1.29, 1.82) is 0 Å². The van der Waals surface area contributed by atoms with Gasteiger partial charge in [0.2, 0.25) is 0 Å². The highest BCUT2D eigenvalue weighted by Crippen LogP contribution is 2.60. The Bertz CT molecular complexity index is 552. The number of methoxy groups -OCH3 is 2. The summed E-state index contributed by atoms with van der Waals surface area (Å²) in [6, 6.07) is 0. The van der Waals surface area contributed by atoms with Crippen molar-refractivity contribution in [2.75, 3.05) is 14.2 Å². The average Bonchev–Trinajstić information content (AvgIpc) is 2.52. The first-order valence-electron chi connectivity index (χ1n) is 5.97. The first-order valence-corrected chi connectivity index (χ1v) is 5.97. The molecule has 0 N–H and O–H groups in total. The van der Waals surface area contributed by atoms with Crippen LogP contribution in [0.2, 0.25) is 0 Å². The van der Waals surface area contributed by atoms with Crippen molar-refractivity contribution in [3.05, 3.63) is 0 Å². The summed E-state index contributed by atoms with van der Waals surface area (Å²) >= 11 is 0. The molecule has 0 aromatic rings. The van der Waals surface area contributed by atoms with Crippen LogP contribution in [0, 0.1) is 0 Å². The van der Waals surface area contributed by atoms with Crippen LogP contribution in [0.25, 0.3) is 0 Å². The van der Waals surface area contributed by atoms with E-state index in [2.05, 4.69) is 18.9 Å². The van der Waals surface area contributed by atoms with Gasteiger partial charge in [-0.15, -0.1) is 0 Å². The molecule has 0 aliphatic heterocycles. The Morgan fingerprint density at radius 2 is 0.714 bits per heavy atom. The van der Waals surface area contributed by atoms with Gasteiger partial charge < -0.3 is 18.9 Å². The van der Waals surface area contributed by atoms with E-state index >= 15 is 0 Å². The first kappa shape index (κ1) is 25.7. The van der Waals surface area contributed by atoms with E-state index in [1.165, 1.54) is 0 Å². The third-order valence-electron chi connectivity index (χ3n) is 2.67. The highest BCUT2D eigenvalue weighted by atomic mass is 19.4. The van der Waals surface area contributed by atoms with E-state index < -0.39 is 48.2 Å². The molecule has 0 amide bonds. The molecule has 0 unspecified atom stereocenters. The summed E-state index contributed by atoms with van der Waals surface area (Å²) in [5, 5.41) is 0. The van der Waals surface area contributed by atoms with Gasteiger partial charge in [-0.05, 0) is 0 Å². The second kappa shape index (κ2) is 7.26. The number of carbonyl (C=O) groups excluding carboxylic acids is 2. The molecule has 0 radical (unpaired) electrons. The molecule has 0 aromatic heterocycles. The van der Waals surface area contributed by atoms with Gasteiger partial charge in [-0.1, -0.05) is 0 Å². The van der Waals surface area contributed by atoms with Gasteiger partial charge in [0, 0.05) is 0 Å². The fourth-order valence-corrected chi connectivity index (χ4v) is 1.18. The number of alkyl halides is 12. The van der Waals surface area contributed by atoms with Crippen LogP contribution >= 0.6 is 0 Å². The minimum absolute atomic E-state index is 0.169. The molecule has 0 saturated heterocycles. The zero-order valence-corrected chi connectivity index (χ0v) is 13.0. The largest absolute Gasteiger partial charge is 0.512 e. The quantitative estimate of drug-likeness (QED) is 0.426. The summed E-state index contributed by atoms with van der Waals surface area (Å²) in [6.45, 7) is 0. The van der Waals surface area contributed by atoms with Gasteiger partial charge in [0.05, 0.1) is 14.2 Å². The number of hydrogen-bond donors (Lipinski definition) is 0. The molecule has 0 aliphatic rings.